The number of esters is 1. The number of ether oxygens (including phenoxy) is 2. The van der Waals surface area contributed by atoms with Gasteiger partial charge in [-0.15, -0.1) is 6.58 Å². The highest BCUT2D eigenvalue weighted by molar-refractivity contribution is 5.92. The fraction of sp³-hybridized carbons (Fsp3) is 0.545. The number of rotatable bonds is 4. The zero-order valence-corrected chi connectivity index (χ0v) is 8.87. The first kappa shape index (κ1) is 10.8. The highest BCUT2D eigenvalue weighted by Crippen LogP contribution is 2.27. The largest absolute Gasteiger partial charge is 0.491 e. The molecule has 1 atom stereocenters. The Balaban J connectivity index is 2.89. The molecular weight excluding hydrogens is 180 g/mol. The summed E-state index contributed by atoms with van der Waals surface area (Å²) in [5.41, 5.74) is 0.598. The van der Waals surface area contributed by atoms with Crippen LogP contribution in [0.2, 0.25) is 0 Å². The monoisotopic (exact) mass is 196 g/mol. The van der Waals surface area contributed by atoms with Crippen LogP contribution < -0.4 is 0 Å². The first-order chi connectivity index (χ1) is 6.56. The van der Waals surface area contributed by atoms with Crippen molar-refractivity contribution < 1.29 is 14.3 Å². The molecule has 0 aromatic heterocycles. The SMILES string of the molecule is C=CCC1=C(OC(C)C)C(C)OC1=O. The van der Waals surface area contributed by atoms with Crippen LogP contribution in [0.1, 0.15) is 27.2 Å². The lowest BCUT2D eigenvalue weighted by atomic mass is 10.1. The molecule has 1 unspecified atom stereocenters. The molecule has 14 heavy (non-hydrogen) atoms. The van der Waals surface area contributed by atoms with Crippen LogP contribution in [0.4, 0.5) is 0 Å². The second-order valence-corrected chi connectivity index (χ2v) is 3.55. The van der Waals surface area contributed by atoms with Crippen molar-refractivity contribution in [2.24, 2.45) is 0 Å². The maximum Gasteiger partial charge on any atom is 0.338 e. The van der Waals surface area contributed by atoms with E-state index >= 15 is 0 Å². The minimum absolute atomic E-state index is 0.0572. The zero-order valence-electron chi connectivity index (χ0n) is 8.87. The molecule has 1 aliphatic heterocycles. The topological polar surface area (TPSA) is 35.5 Å². The second kappa shape index (κ2) is 4.31. The van der Waals surface area contributed by atoms with Crippen molar-refractivity contribution in [1.82, 2.24) is 0 Å². The first-order valence-electron chi connectivity index (χ1n) is 4.77. The van der Waals surface area contributed by atoms with E-state index < -0.39 is 0 Å². The summed E-state index contributed by atoms with van der Waals surface area (Å²) < 4.78 is 10.6. The molecule has 3 heteroatoms. The molecule has 0 amide bonds. The van der Waals surface area contributed by atoms with Crippen molar-refractivity contribution in [3.8, 4) is 0 Å². The average molecular weight is 196 g/mol. The van der Waals surface area contributed by atoms with Gasteiger partial charge < -0.3 is 9.47 Å². The standard InChI is InChI=1S/C11H16O3/c1-5-6-9-10(13-7(2)3)8(4)14-11(9)12/h5,7-8H,1,6H2,2-4H3. The van der Waals surface area contributed by atoms with E-state index in [1.807, 2.05) is 20.8 Å². The number of cyclic esters (lactones) is 1. The molecule has 3 nitrogen and oxygen atoms in total. The molecule has 0 N–H and O–H groups in total. The van der Waals surface area contributed by atoms with Gasteiger partial charge in [0.15, 0.2) is 6.10 Å². The Kier molecular flexibility index (Phi) is 3.33. The summed E-state index contributed by atoms with van der Waals surface area (Å²) >= 11 is 0. The van der Waals surface area contributed by atoms with E-state index in [4.69, 9.17) is 9.47 Å². The van der Waals surface area contributed by atoms with E-state index in [2.05, 4.69) is 6.58 Å². The van der Waals surface area contributed by atoms with Gasteiger partial charge in [-0.05, 0) is 20.8 Å². The molecule has 1 rings (SSSR count). The Bertz CT molecular complexity index is 276. The summed E-state index contributed by atoms with van der Waals surface area (Å²) in [6.45, 7) is 9.26. The van der Waals surface area contributed by atoms with Crippen molar-refractivity contribution in [2.45, 2.75) is 39.4 Å². The van der Waals surface area contributed by atoms with Crippen LogP contribution in [0.15, 0.2) is 24.0 Å². The smallest absolute Gasteiger partial charge is 0.338 e. The van der Waals surface area contributed by atoms with E-state index in [1.165, 1.54) is 0 Å². The summed E-state index contributed by atoms with van der Waals surface area (Å²) in [6, 6.07) is 0. The molecule has 1 aliphatic rings. The molecular formula is C11H16O3. The lowest BCUT2D eigenvalue weighted by molar-refractivity contribution is -0.139. The summed E-state index contributed by atoms with van der Waals surface area (Å²) in [5, 5.41) is 0. The lowest BCUT2D eigenvalue weighted by Gasteiger charge is -2.14. The molecule has 78 valence electrons. The lowest BCUT2D eigenvalue weighted by Crippen LogP contribution is -2.12. The Hall–Kier alpha value is -1.25. The molecule has 0 aliphatic carbocycles. The molecule has 0 aromatic rings. The van der Waals surface area contributed by atoms with Gasteiger partial charge in [0.2, 0.25) is 0 Å². The van der Waals surface area contributed by atoms with Crippen molar-refractivity contribution in [1.29, 1.82) is 0 Å². The van der Waals surface area contributed by atoms with Crippen LogP contribution in [0, 0.1) is 0 Å². The van der Waals surface area contributed by atoms with Crippen LogP contribution in [0.5, 0.6) is 0 Å². The van der Waals surface area contributed by atoms with Gasteiger partial charge in [-0.3, -0.25) is 0 Å². The first-order valence-corrected chi connectivity index (χ1v) is 4.77. The molecule has 0 bridgehead atoms. The van der Waals surface area contributed by atoms with Crippen molar-refractivity contribution >= 4 is 5.97 Å². The van der Waals surface area contributed by atoms with Crippen molar-refractivity contribution in [3.05, 3.63) is 24.0 Å². The van der Waals surface area contributed by atoms with Crippen LogP contribution in [-0.4, -0.2) is 18.2 Å². The number of hydrogen-bond acceptors (Lipinski definition) is 3. The molecule has 0 aromatic carbocycles. The van der Waals surface area contributed by atoms with Gasteiger partial charge in [-0.2, -0.15) is 0 Å². The van der Waals surface area contributed by atoms with Gasteiger partial charge >= 0.3 is 5.97 Å². The molecule has 0 saturated heterocycles. The molecule has 0 fully saturated rings. The van der Waals surface area contributed by atoms with E-state index in [-0.39, 0.29) is 18.2 Å². The van der Waals surface area contributed by atoms with E-state index in [9.17, 15) is 4.79 Å². The fourth-order valence-electron chi connectivity index (χ4n) is 1.38. The zero-order chi connectivity index (χ0) is 10.7. The van der Waals surface area contributed by atoms with Gasteiger partial charge in [0.25, 0.3) is 0 Å². The minimum atomic E-state index is -0.284. The van der Waals surface area contributed by atoms with Crippen LogP contribution in [0.3, 0.4) is 0 Å². The van der Waals surface area contributed by atoms with Crippen LogP contribution in [0.25, 0.3) is 0 Å². The summed E-state index contributed by atoms with van der Waals surface area (Å²) in [6.07, 6.45) is 1.98. The predicted octanol–water partition coefficient (Wildman–Crippen LogP) is 2.19. The summed E-state index contributed by atoms with van der Waals surface area (Å²) in [4.78, 5) is 11.4. The van der Waals surface area contributed by atoms with E-state index in [1.54, 1.807) is 6.08 Å². The van der Waals surface area contributed by atoms with E-state index in [0.717, 1.165) is 0 Å². The van der Waals surface area contributed by atoms with Crippen molar-refractivity contribution in [3.63, 3.8) is 0 Å². The maximum absolute atomic E-state index is 11.4. The van der Waals surface area contributed by atoms with Crippen LogP contribution >= 0.6 is 0 Å². The third kappa shape index (κ3) is 2.16. The molecule has 0 radical (unpaired) electrons. The van der Waals surface area contributed by atoms with E-state index in [0.29, 0.717) is 17.8 Å². The Morgan fingerprint density at radius 1 is 1.64 bits per heavy atom. The van der Waals surface area contributed by atoms with Gasteiger partial charge in [0, 0.05) is 6.42 Å². The highest BCUT2D eigenvalue weighted by Gasteiger charge is 2.32. The minimum Gasteiger partial charge on any atom is -0.491 e. The summed E-state index contributed by atoms with van der Waals surface area (Å²) in [5.74, 6) is 0.373. The van der Waals surface area contributed by atoms with Gasteiger partial charge in [0.1, 0.15) is 5.76 Å². The molecule has 1 heterocycles. The Morgan fingerprint density at radius 2 is 2.29 bits per heavy atom. The second-order valence-electron chi connectivity index (χ2n) is 3.55. The predicted molar refractivity (Wildman–Crippen MR) is 53.6 cm³/mol. The number of carbonyl (C=O) groups excluding carboxylic acids is 1. The van der Waals surface area contributed by atoms with Gasteiger partial charge in [0.05, 0.1) is 11.7 Å². The van der Waals surface area contributed by atoms with Gasteiger partial charge in [-0.1, -0.05) is 6.08 Å². The van der Waals surface area contributed by atoms with Crippen LogP contribution in [-0.2, 0) is 14.3 Å². The number of allylic oxidation sites excluding steroid dienone is 1. The highest BCUT2D eigenvalue weighted by atomic mass is 16.6. The Morgan fingerprint density at radius 3 is 2.79 bits per heavy atom. The normalized spacial score (nSPS) is 21.4. The third-order valence-corrected chi connectivity index (χ3v) is 1.91. The maximum atomic E-state index is 11.4. The summed E-state index contributed by atoms with van der Waals surface area (Å²) in [7, 11) is 0. The third-order valence-electron chi connectivity index (χ3n) is 1.91. The molecule has 0 saturated carbocycles. The van der Waals surface area contributed by atoms with Crippen molar-refractivity contribution in [2.75, 3.05) is 0 Å². The quantitative estimate of drug-likeness (QED) is 0.510. The van der Waals surface area contributed by atoms with Gasteiger partial charge in [-0.25, -0.2) is 4.79 Å². The number of hydrogen-bond donors (Lipinski definition) is 0. The molecule has 0 spiro atoms. The number of carbonyl (C=O) groups is 1. The Labute approximate surface area is 84.4 Å². The average Bonchev–Trinajstić information content (AvgIpc) is 2.31. The fourth-order valence-corrected chi connectivity index (χ4v) is 1.38.